The van der Waals surface area contributed by atoms with Crippen molar-refractivity contribution in [3.05, 3.63) is 107 Å². The third-order valence-corrected chi connectivity index (χ3v) is 5.92. The topological polar surface area (TPSA) is 61.2 Å². The highest BCUT2D eigenvalue weighted by Crippen LogP contribution is 2.51. The van der Waals surface area contributed by atoms with Crippen molar-refractivity contribution in [3.63, 3.8) is 0 Å². The Morgan fingerprint density at radius 2 is 1.88 bits per heavy atom. The first kappa shape index (κ1) is 18.6. The number of para-hydroxylation sites is 1. The van der Waals surface area contributed by atoms with Gasteiger partial charge in [0, 0.05) is 22.3 Å². The van der Waals surface area contributed by atoms with Gasteiger partial charge in [0.1, 0.15) is 35.8 Å². The molecule has 7 heteroatoms. The van der Waals surface area contributed by atoms with E-state index in [-0.39, 0.29) is 5.82 Å². The lowest BCUT2D eigenvalue weighted by molar-refractivity contribution is 0.222. The number of benzene rings is 3. The first-order valence-electron chi connectivity index (χ1n) is 10.3. The Bertz CT molecular complexity index is 1360. The molecule has 0 radical (unpaired) electrons. The van der Waals surface area contributed by atoms with E-state index >= 15 is 4.39 Å². The van der Waals surface area contributed by atoms with Gasteiger partial charge in [0.05, 0.1) is 12.8 Å². The van der Waals surface area contributed by atoms with Gasteiger partial charge in [-0.1, -0.05) is 42.5 Å². The highest BCUT2D eigenvalue weighted by atomic mass is 19.1. The molecule has 32 heavy (non-hydrogen) atoms. The predicted molar refractivity (Wildman–Crippen MR) is 118 cm³/mol. The van der Waals surface area contributed by atoms with Gasteiger partial charge in [0.15, 0.2) is 0 Å². The quantitative estimate of drug-likeness (QED) is 0.500. The Labute approximate surface area is 183 Å². The van der Waals surface area contributed by atoms with Crippen molar-refractivity contribution in [2.45, 2.75) is 12.1 Å². The zero-order valence-corrected chi connectivity index (χ0v) is 17.2. The van der Waals surface area contributed by atoms with Crippen molar-refractivity contribution in [2.75, 3.05) is 12.4 Å². The predicted octanol–water partition coefficient (Wildman–Crippen LogP) is 4.99. The van der Waals surface area contributed by atoms with Crippen molar-refractivity contribution in [1.82, 2.24) is 14.8 Å². The average Bonchev–Trinajstić information content (AvgIpc) is 3.31. The number of halogens is 1. The summed E-state index contributed by atoms with van der Waals surface area (Å²) in [6.07, 6.45) is 0.992. The molecule has 0 amide bonds. The molecule has 4 aromatic rings. The van der Waals surface area contributed by atoms with Crippen LogP contribution in [0.2, 0.25) is 0 Å². The van der Waals surface area contributed by atoms with Crippen LogP contribution in [-0.2, 0) is 0 Å². The molecule has 2 aliphatic rings. The number of rotatable bonds is 3. The van der Waals surface area contributed by atoms with Gasteiger partial charge >= 0.3 is 0 Å². The van der Waals surface area contributed by atoms with E-state index < -0.39 is 12.1 Å². The van der Waals surface area contributed by atoms with Gasteiger partial charge in [-0.15, -0.1) is 0 Å². The van der Waals surface area contributed by atoms with Crippen LogP contribution < -0.4 is 14.8 Å². The normalized spacial score (nSPS) is 18.7. The van der Waals surface area contributed by atoms with E-state index in [1.807, 2.05) is 54.6 Å². The van der Waals surface area contributed by atoms with Crippen molar-refractivity contribution in [1.29, 1.82) is 0 Å². The molecule has 0 saturated heterocycles. The van der Waals surface area contributed by atoms with Crippen LogP contribution in [-0.4, -0.2) is 21.9 Å². The van der Waals surface area contributed by atoms with Crippen molar-refractivity contribution in [3.8, 4) is 11.5 Å². The summed E-state index contributed by atoms with van der Waals surface area (Å²) in [6, 6.07) is 21.8. The van der Waals surface area contributed by atoms with E-state index in [0.29, 0.717) is 11.5 Å². The first-order chi connectivity index (χ1) is 15.7. The number of aromatic nitrogens is 3. The maximum Gasteiger partial charge on any atom is 0.226 e. The fourth-order valence-electron chi connectivity index (χ4n) is 4.49. The van der Waals surface area contributed by atoms with Crippen LogP contribution in [0.25, 0.3) is 5.70 Å². The minimum absolute atomic E-state index is 0.309. The Morgan fingerprint density at radius 3 is 2.75 bits per heavy atom. The number of hydrogen-bond acceptors (Lipinski definition) is 5. The molecular formula is C25H19FN4O2. The zero-order valence-electron chi connectivity index (χ0n) is 17.2. The molecular weight excluding hydrogens is 407 g/mol. The number of hydrogen-bond donors (Lipinski definition) is 1. The molecule has 2 aliphatic heterocycles. The molecule has 0 spiro atoms. The molecule has 0 aliphatic carbocycles. The molecule has 6 rings (SSSR count). The van der Waals surface area contributed by atoms with Gasteiger partial charge in [-0.2, -0.15) is 10.1 Å². The highest BCUT2D eigenvalue weighted by Gasteiger charge is 2.41. The van der Waals surface area contributed by atoms with E-state index in [1.165, 1.54) is 12.4 Å². The molecule has 0 fully saturated rings. The third-order valence-electron chi connectivity index (χ3n) is 5.92. The minimum atomic E-state index is -0.533. The van der Waals surface area contributed by atoms with Gasteiger partial charge in [0.2, 0.25) is 5.95 Å². The van der Waals surface area contributed by atoms with Gasteiger partial charge in [-0.3, -0.25) is 0 Å². The number of nitrogens with zero attached hydrogens (tertiary/aromatic N) is 3. The molecule has 158 valence electrons. The van der Waals surface area contributed by atoms with Crippen LogP contribution in [0.15, 0.2) is 84.7 Å². The summed E-state index contributed by atoms with van der Waals surface area (Å²) in [6.45, 7) is 0. The second kappa shape index (κ2) is 7.23. The van der Waals surface area contributed by atoms with Gasteiger partial charge in [0.25, 0.3) is 0 Å². The number of nitrogens with one attached hydrogen (secondary N) is 1. The van der Waals surface area contributed by atoms with Crippen LogP contribution in [0.3, 0.4) is 0 Å². The summed E-state index contributed by atoms with van der Waals surface area (Å²) >= 11 is 0. The lowest BCUT2D eigenvalue weighted by Gasteiger charge is -2.39. The van der Waals surface area contributed by atoms with Crippen LogP contribution in [0.5, 0.6) is 11.5 Å². The molecule has 1 N–H and O–H groups in total. The van der Waals surface area contributed by atoms with E-state index in [1.54, 1.807) is 23.9 Å². The first-order valence-corrected chi connectivity index (χ1v) is 10.3. The lowest BCUT2D eigenvalue weighted by atomic mass is 9.84. The van der Waals surface area contributed by atoms with Crippen LogP contribution in [0, 0.1) is 5.82 Å². The van der Waals surface area contributed by atoms with Gasteiger partial charge in [-0.05, 0) is 30.3 Å². The average molecular weight is 426 g/mol. The molecule has 3 aromatic carbocycles. The highest BCUT2D eigenvalue weighted by molar-refractivity contribution is 5.85. The minimum Gasteiger partial charge on any atom is -0.497 e. The second-order valence-corrected chi connectivity index (χ2v) is 7.68. The van der Waals surface area contributed by atoms with E-state index in [0.717, 1.165) is 33.9 Å². The second-order valence-electron chi connectivity index (χ2n) is 7.68. The number of anilines is 1. The number of fused-ring (bicyclic) bond motifs is 3. The molecule has 1 aromatic heterocycles. The SMILES string of the molecule is COc1cccc([C@H]2Oc3ccccc3C3=C2[C@@H](c2ccccc2F)n2ncnc2N3)c1. The van der Waals surface area contributed by atoms with Crippen molar-refractivity contribution >= 4 is 11.6 Å². The summed E-state index contributed by atoms with van der Waals surface area (Å²) < 4.78 is 28.8. The summed E-state index contributed by atoms with van der Waals surface area (Å²) in [5.74, 6) is 1.71. The van der Waals surface area contributed by atoms with Crippen molar-refractivity contribution in [2.24, 2.45) is 0 Å². The Morgan fingerprint density at radius 1 is 1.03 bits per heavy atom. The molecule has 0 unspecified atom stereocenters. The molecule has 3 heterocycles. The molecule has 0 bridgehead atoms. The lowest BCUT2D eigenvalue weighted by Crippen LogP contribution is -2.32. The Hall–Kier alpha value is -4.13. The Kier molecular flexibility index (Phi) is 4.21. The summed E-state index contributed by atoms with van der Waals surface area (Å²) in [7, 11) is 1.63. The smallest absolute Gasteiger partial charge is 0.226 e. The van der Waals surface area contributed by atoms with E-state index in [2.05, 4.69) is 15.4 Å². The van der Waals surface area contributed by atoms with Crippen LogP contribution in [0.4, 0.5) is 10.3 Å². The van der Waals surface area contributed by atoms with Gasteiger partial charge in [-0.25, -0.2) is 9.07 Å². The van der Waals surface area contributed by atoms with E-state index in [4.69, 9.17) is 9.47 Å². The van der Waals surface area contributed by atoms with Crippen LogP contribution >= 0.6 is 0 Å². The number of ether oxygens (including phenoxy) is 2. The number of methoxy groups -OCH3 is 1. The molecule has 6 nitrogen and oxygen atoms in total. The summed E-state index contributed by atoms with van der Waals surface area (Å²) in [4.78, 5) is 4.37. The largest absolute Gasteiger partial charge is 0.497 e. The van der Waals surface area contributed by atoms with Gasteiger partial charge < -0.3 is 14.8 Å². The maximum absolute atomic E-state index is 15.1. The monoisotopic (exact) mass is 426 g/mol. The summed E-state index contributed by atoms with van der Waals surface area (Å²) in [5, 5.41) is 7.84. The third kappa shape index (κ3) is 2.78. The molecule has 2 atom stereocenters. The Balaban J connectivity index is 1.64. The summed E-state index contributed by atoms with van der Waals surface area (Å²) in [5.41, 5.74) is 4.02. The maximum atomic E-state index is 15.1. The van der Waals surface area contributed by atoms with E-state index in [9.17, 15) is 0 Å². The molecule has 0 saturated carbocycles. The zero-order chi connectivity index (χ0) is 21.7. The van der Waals surface area contributed by atoms with Crippen molar-refractivity contribution < 1.29 is 13.9 Å². The standard InChI is InChI=1S/C25H19FN4O2/c1-31-16-8-6-7-15(13-16)24-21-22(18-10-3-5-12-20(18)32-24)29-25-27-14-28-30(25)23(21)17-9-2-4-11-19(17)26/h2-14,23-24H,1H3,(H,27,28,29)/t23-,24-/m1/s1. The fourth-order valence-corrected chi connectivity index (χ4v) is 4.49. The fraction of sp³-hybridized carbons (Fsp3) is 0.120. The van der Waals surface area contributed by atoms with Crippen LogP contribution in [0.1, 0.15) is 28.8 Å².